The number of carbonyl (C=O) groups is 2. The van der Waals surface area contributed by atoms with E-state index in [0.29, 0.717) is 18.0 Å². The van der Waals surface area contributed by atoms with Gasteiger partial charge in [0.2, 0.25) is 11.7 Å². The van der Waals surface area contributed by atoms with Crippen molar-refractivity contribution in [1.29, 1.82) is 0 Å². The van der Waals surface area contributed by atoms with Crippen LogP contribution in [0.4, 0.5) is 0 Å². The minimum Gasteiger partial charge on any atom is -0.480 e. The van der Waals surface area contributed by atoms with Crippen LogP contribution >= 0.6 is 0 Å². The van der Waals surface area contributed by atoms with E-state index < -0.39 is 17.9 Å². The molecule has 2 rings (SSSR count). The first-order chi connectivity index (χ1) is 11.0. The Hall–Kier alpha value is -2.63. The van der Waals surface area contributed by atoms with E-state index in [1.54, 1.807) is 6.92 Å². The molecule has 122 valence electrons. The molecule has 23 heavy (non-hydrogen) atoms. The lowest BCUT2D eigenvalue weighted by Gasteiger charge is -2.12. The molecule has 2 N–H and O–H groups in total. The molecule has 6 heteroatoms. The largest absolute Gasteiger partial charge is 0.480 e. The number of carbonyl (C=O) groups excluding carboxylic acids is 1. The minimum atomic E-state index is -1.05. The van der Waals surface area contributed by atoms with E-state index in [1.807, 2.05) is 37.3 Å². The molecule has 2 aromatic rings. The van der Waals surface area contributed by atoms with Gasteiger partial charge in [-0.2, -0.15) is 0 Å². The zero-order chi connectivity index (χ0) is 16.8. The van der Waals surface area contributed by atoms with Crippen LogP contribution in [0.15, 0.2) is 34.7 Å². The molecule has 1 aromatic heterocycles. The van der Waals surface area contributed by atoms with Crippen molar-refractivity contribution in [2.45, 2.75) is 39.2 Å². The molecule has 1 heterocycles. The van der Waals surface area contributed by atoms with Gasteiger partial charge in [0.1, 0.15) is 6.04 Å². The van der Waals surface area contributed by atoms with Gasteiger partial charge in [0.25, 0.3) is 5.91 Å². The van der Waals surface area contributed by atoms with E-state index in [0.717, 1.165) is 18.4 Å². The Morgan fingerprint density at radius 3 is 2.61 bits per heavy atom. The van der Waals surface area contributed by atoms with Crippen LogP contribution < -0.4 is 5.32 Å². The quantitative estimate of drug-likeness (QED) is 0.819. The van der Waals surface area contributed by atoms with E-state index >= 15 is 0 Å². The summed E-state index contributed by atoms with van der Waals surface area (Å²) in [6, 6.07) is 8.30. The maximum absolute atomic E-state index is 12.3. The first kappa shape index (κ1) is 16.7. The number of aliphatic carboxylic acids is 1. The summed E-state index contributed by atoms with van der Waals surface area (Å²) in [7, 11) is 0. The molecule has 0 bridgehead atoms. The third kappa shape index (κ3) is 4.18. The molecule has 1 aromatic carbocycles. The summed E-state index contributed by atoms with van der Waals surface area (Å²) in [6.45, 7) is 3.63. The predicted octanol–water partition coefficient (Wildman–Crippen LogP) is 3.02. The van der Waals surface area contributed by atoms with Crippen LogP contribution in [0.5, 0.6) is 0 Å². The maximum atomic E-state index is 12.3. The molecule has 0 spiro atoms. The maximum Gasteiger partial charge on any atom is 0.326 e. The van der Waals surface area contributed by atoms with Crippen molar-refractivity contribution in [3.05, 3.63) is 41.8 Å². The molecule has 0 fully saturated rings. The molecule has 0 saturated carbocycles. The average molecular weight is 316 g/mol. The second-order valence-electron chi connectivity index (χ2n) is 5.31. The Balaban J connectivity index is 2.16. The van der Waals surface area contributed by atoms with E-state index in [-0.39, 0.29) is 5.76 Å². The van der Waals surface area contributed by atoms with Crippen LogP contribution in [0.2, 0.25) is 0 Å². The number of aryl methyl sites for hydroxylation is 1. The van der Waals surface area contributed by atoms with Crippen molar-refractivity contribution >= 4 is 11.9 Å². The highest BCUT2D eigenvalue weighted by molar-refractivity contribution is 5.95. The number of carboxylic acid groups (broad SMARTS) is 1. The van der Waals surface area contributed by atoms with Gasteiger partial charge in [0.15, 0.2) is 0 Å². The van der Waals surface area contributed by atoms with Crippen molar-refractivity contribution in [2.24, 2.45) is 0 Å². The standard InChI is InChI=1S/C17H20N2O4/c1-3-4-10-13(17(21)22)19-15(20)14-11(2)18-16(23-14)12-8-6-5-7-9-12/h5-9,13H,3-4,10H2,1-2H3,(H,19,20)(H,21,22)/t13-/m0/s1. The number of rotatable bonds is 7. The highest BCUT2D eigenvalue weighted by Crippen LogP contribution is 2.21. The summed E-state index contributed by atoms with van der Waals surface area (Å²) in [4.78, 5) is 27.7. The second-order valence-corrected chi connectivity index (χ2v) is 5.31. The summed E-state index contributed by atoms with van der Waals surface area (Å²) in [5, 5.41) is 11.7. The lowest BCUT2D eigenvalue weighted by atomic mass is 10.1. The highest BCUT2D eigenvalue weighted by atomic mass is 16.4. The van der Waals surface area contributed by atoms with E-state index in [2.05, 4.69) is 10.3 Å². The van der Waals surface area contributed by atoms with E-state index in [9.17, 15) is 14.7 Å². The van der Waals surface area contributed by atoms with Crippen molar-refractivity contribution in [1.82, 2.24) is 10.3 Å². The fraction of sp³-hybridized carbons (Fsp3) is 0.353. The molecule has 0 radical (unpaired) electrons. The number of nitrogens with zero attached hydrogens (tertiary/aromatic N) is 1. The lowest BCUT2D eigenvalue weighted by molar-refractivity contribution is -0.139. The molecule has 1 amide bonds. The number of benzene rings is 1. The fourth-order valence-electron chi connectivity index (χ4n) is 2.20. The number of amides is 1. The predicted molar refractivity (Wildman–Crippen MR) is 85.1 cm³/mol. The van der Waals surface area contributed by atoms with Crippen LogP contribution in [-0.4, -0.2) is 28.0 Å². The van der Waals surface area contributed by atoms with Gasteiger partial charge in [0.05, 0.1) is 5.69 Å². The number of unbranched alkanes of at least 4 members (excludes halogenated alkanes) is 1. The highest BCUT2D eigenvalue weighted by Gasteiger charge is 2.24. The Labute approximate surface area is 134 Å². The molecule has 1 atom stereocenters. The van der Waals surface area contributed by atoms with Gasteiger partial charge in [0, 0.05) is 5.56 Å². The van der Waals surface area contributed by atoms with Crippen LogP contribution in [-0.2, 0) is 4.79 Å². The van der Waals surface area contributed by atoms with Crippen LogP contribution in [0.3, 0.4) is 0 Å². The van der Waals surface area contributed by atoms with Gasteiger partial charge in [-0.3, -0.25) is 4.79 Å². The summed E-state index contributed by atoms with van der Waals surface area (Å²) in [5.41, 5.74) is 1.19. The summed E-state index contributed by atoms with van der Waals surface area (Å²) in [6.07, 6.45) is 1.97. The molecule has 0 aliphatic heterocycles. The average Bonchev–Trinajstić information content (AvgIpc) is 2.94. The summed E-state index contributed by atoms with van der Waals surface area (Å²) in [5.74, 6) is -1.21. The summed E-state index contributed by atoms with van der Waals surface area (Å²) < 4.78 is 5.53. The molecule has 0 saturated heterocycles. The van der Waals surface area contributed by atoms with Crippen molar-refractivity contribution < 1.29 is 19.1 Å². The van der Waals surface area contributed by atoms with Crippen molar-refractivity contribution in [2.75, 3.05) is 0 Å². The zero-order valence-electron chi connectivity index (χ0n) is 13.2. The van der Waals surface area contributed by atoms with Crippen LogP contribution in [0.1, 0.15) is 42.4 Å². The third-order valence-corrected chi connectivity index (χ3v) is 3.47. The number of carboxylic acids is 1. The fourth-order valence-corrected chi connectivity index (χ4v) is 2.20. The molecule has 6 nitrogen and oxygen atoms in total. The van der Waals surface area contributed by atoms with Gasteiger partial charge in [-0.1, -0.05) is 38.0 Å². The third-order valence-electron chi connectivity index (χ3n) is 3.47. The van der Waals surface area contributed by atoms with Crippen molar-refractivity contribution in [3.63, 3.8) is 0 Å². The number of aromatic nitrogens is 1. The first-order valence-corrected chi connectivity index (χ1v) is 7.59. The van der Waals surface area contributed by atoms with E-state index in [4.69, 9.17) is 4.42 Å². The minimum absolute atomic E-state index is 0.0478. The number of hydrogen-bond acceptors (Lipinski definition) is 4. The number of oxazole rings is 1. The Morgan fingerprint density at radius 2 is 2.00 bits per heavy atom. The molecular weight excluding hydrogens is 296 g/mol. The van der Waals surface area contributed by atoms with Gasteiger partial charge in [-0.25, -0.2) is 9.78 Å². The molecule has 0 aliphatic carbocycles. The first-order valence-electron chi connectivity index (χ1n) is 7.59. The lowest BCUT2D eigenvalue weighted by Crippen LogP contribution is -2.40. The van der Waals surface area contributed by atoms with Gasteiger partial charge >= 0.3 is 5.97 Å². The van der Waals surface area contributed by atoms with Crippen LogP contribution in [0.25, 0.3) is 11.5 Å². The number of hydrogen-bond donors (Lipinski definition) is 2. The van der Waals surface area contributed by atoms with Gasteiger partial charge in [-0.15, -0.1) is 0 Å². The topological polar surface area (TPSA) is 92.4 Å². The van der Waals surface area contributed by atoms with Gasteiger partial charge in [-0.05, 0) is 25.5 Å². The van der Waals surface area contributed by atoms with Gasteiger partial charge < -0.3 is 14.8 Å². The smallest absolute Gasteiger partial charge is 0.326 e. The molecule has 0 unspecified atom stereocenters. The monoisotopic (exact) mass is 316 g/mol. The molecule has 0 aliphatic rings. The van der Waals surface area contributed by atoms with Crippen LogP contribution in [0, 0.1) is 6.92 Å². The zero-order valence-corrected chi connectivity index (χ0v) is 13.2. The molecular formula is C17H20N2O4. The number of nitrogens with one attached hydrogen (secondary N) is 1. The second kappa shape index (κ2) is 7.58. The normalized spacial score (nSPS) is 11.9. The van der Waals surface area contributed by atoms with Crippen molar-refractivity contribution in [3.8, 4) is 11.5 Å². The summed E-state index contributed by atoms with van der Waals surface area (Å²) >= 11 is 0. The Kier molecular flexibility index (Phi) is 5.51. The Morgan fingerprint density at radius 1 is 1.30 bits per heavy atom. The Bertz CT molecular complexity index is 679. The van der Waals surface area contributed by atoms with E-state index in [1.165, 1.54) is 0 Å². The SMILES string of the molecule is CCCC[C@H](NC(=O)c1oc(-c2ccccc2)nc1C)C(=O)O.